The minimum atomic E-state index is -0.00448. The van der Waals surface area contributed by atoms with Crippen LogP contribution < -0.4 is 0 Å². The number of piperazine rings is 1. The van der Waals surface area contributed by atoms with Crippen LogP contribution in [-0.2, 0) is 4.79 Å². The molecule has 0 N–H and O–H groups in total. The zero-order chi connectivity index (χ0) is 19.7. The van der Waals surface area contributed by atoms with Gasteiger partial charge in [-0.05, 0) is 19.1 Å². The number of hydrogen-bond acceptors (Lipinski definition) is 3. The molecular weight excluding hydrogens is 350 g/mol. The number of aryl methyl sites for hydroxylation is 1. The van der Waals surface area contributed by atoms with Crippen molar-refractivity contribution in [2.75, 3.05) is 26.2 Å². The molecule has 2 heterocycles. The van der Waals surface area contributed by atoms with Gasteiger partial charge in [0.2, 0.25) is 5.91 Å². The van der Waals surface area contributed by atoms with Crippen LogP contribution in [0.5, 0.6) is 0 Å². The van der Waals surface area contributed by atoms with Crippen molar-refractivity contribution in [1.82, 2.24) is 14.8 Å². The molecular formula is C23H23N3O2. The van der Waals surface area contributed by atoms with E-state index >= 15 is 0 Å². The summed E-state index contributed by atoms with van der Waals surface area (Å²) in [7, 11) is 0. The number of carbonyl (C=O) groups excluding carboxylic acids is 2. The van der Waals surface area contributed by atoms with Gasteiger partial charge in [-0.1, -0.05) is 48.0 Å². The highest BCUT2D eigenvalue weighted by atomic mass is 16.2. The van der Waals surface area contributed by atoms with Crippen LogP contribution in [0.15, 0.2) is 54.6 Å². The topological polar surface area (TPSA) is 53.5 Å². The van der Waals surface area contributed by atoms with Gasteiger partial charge in [0, 0.05) is 44.1 Å². The maximum atomic E-state index is 13.3. The van der Waals surface area contributed by atoms with Crippen molar-refractivity contribution >= 4 is 22.7 Å². The van der Waals surface area contributed by atoms with E-state index in [0.717, 1.165) is 22.2 Å². The molecule has 4 rings (SSSR count). The summed E-state index contributed by atoms with van der Waals surface area (Å²) in [5, 5.41) is 0.859. The second-order valence-electron chi connectivity index (χ2n) is 7.24. The van der Waals surface area contributed by atoms with Gasteiger partial charge in [0.15, 0.2) is 0 Å². The van der Waals surface area contributed by atoms with E-state index in [1.807, 2.05) is 54.3 Å². The van der Waals surface area contributed by atoms with Crippen LogP contribution in [0.25, 0.3) is 22.2 Å². The molecule has 0 bridgehead atoms. The Labute approximate surface area is 164 Å². The number of para-hydroxylation sites is 1. The Kier molecular flexibility index (Phi) is 4.82. The molecule has 1 fully saturated rings. The Morgan fingerprint density at radius 2 is 1.54 bits per heavy atom. The summed E-state index contributed by atoms with van der Waals surface area (Å²) >= 11 is 0. The third kappa shape index (κ3) is 3.48. The smallest absolute Gasteiger partial charge is 0.254 e. The first-order valence-electron chi connectivity index (χ1n) is 9.54. The lowest BCUT2D eigenvalue weighted by atomic mass is 10.0. The molecule has 5 heteroatoms. The van der Waals surface area contributed by atoms with Gasteiger partial charge in [-0.25, -0.2) is 4.98 Å². The van der Waals surface area contributed by atoms with Crippen molar-refractivity contribution in [1.29, 1.82) is 0 Å². The van der Waals surface area contributed by atoms with Crippen LogP contribution >= 0.6 is 0 Å². The van der Waals surface area contributed by atoms with Crippen molar-refractivity contribution in [3.05, 3.63) is 65.7 Å². The summed E-state index contributed by atoms with van der Waals surface area (Å²) in [6.45, 7) is 5.88. The van der Waals surface area contributed by atoms with E-state index in [1.165, 1.54) is 5.56 Å². The van der Waals surface area contributed by atoms with Gasteiger partial charge in [0.05, 0.1) is 16.8 Å². The molecule has 0 radical (unpaired) electrons. The number of fused-ring (bicyclic) bond motifs is 1. The van der Waals surface area contributed by atoms with E-state index in [-0.39, 0.29) is 11.8 Å². The van der Waals surface area contributed by atoms with E-state index in [4.69, 9.17) is 4.98 Å². The van der Waals surface area contributed by atoms with Gasteiger partial charge in [-0.15, -0.1) is 0 Å². The lowest BCUT2D eigenvalue weighted by Crippen LogP contribution is -2.50. The third-order valence-corrected chi connectivity index (χ3v) is 5.31. The number of amides is 2. The van der Waals surface area contributed by atoms with E-state index in [9.17, 15) is 9.59 Å². The quantitative estimate of drug-likeness (QED) is 0.691. The summed E-state index contributed by atoms with van der Waals surface area (Å²) < 4.78 is 0. The van der Waals surface area contributed by atoms with Crippen LogP contribution in [0.1, 0.15) is 22.8 Å². The molecule has 1 saturated heterocycles. The maximum absolute atomic E-state index is 13.3. The highest BCUT2D eigenvalue weighted by Crippen LogP contribution is 2.26. The fourth-order valence-electron chi connectivity index (χ4n) is 3.62. The first-order valence-corrected chi connectivity index (χ1v) is 9.54. The van der Waals surface area contributed by atoms with Crippen LogP contribution in [0.4, 0.5) is 0 Å². The highest BCUT2D eigenvalue weighted by molar-refractivity contribution is 6.07. The number of benzene rings is 2. The summed E-state index contributed by atoms with van der Waals surface area (Å²) in [5.41, 5.74) is 4.45. The Morgan fingerprint density at radius 1 is 0.893 bits per heavy atom. The summed E-state index contributed by atoms with van der Waals surface area (Å²) in [4.78, 5) is 33.3. The fourth-order valence-corrected chi connectivity index (χ4v) is 3.62. The second-order valence-corrected chi connectivity index (χ2v) is 7.24. The molecule has 0 atom stereocenters. The van der Waals surface area contributed by atoms with Gasteiger partial charge in [-0.2, -0.15) is 0 Å². The highest BCUT2D eigenvalue weighted by Gasteiger charge is 2.25. The van der Waals surface area contributed by atoms with E-state index in [0.29, 0.717) is 31.7 Å². The van der Waals surface area contributed by atoms with Gasteiger partial charge in [0.1, 0.15) is 0 Å². The Morgan fingerprint density at radius 3 is 2.21 bits per heavy atom. The predicted molar refractivity (Wildman–Crippen MR) is 110 cm³/mol. The Hall–Kier alpha value is -3.21. The fraction of sp³-hybridized carbons (Fsp3) is 0.261. The monoisotopic (exact) mass is 373 g/mol. The van der Waals surface area contributed by atoms with Crippen molar-refractivity contribution in [3.8, 4) is 11.3 Å². The van der Waals surface area contributed by atoms with Gasteiger partial charge >= 0.3 is 0 Å². The van der Waals surface area contributed by atoms with Gasteiger partial charge in [0.25, 0.3) is 5.91 Å². The Balaban J connectivity index is 1.72. The molecule has 0 saturated carbocycles. The third-order valence-electron chi connectivity index (χ3n) is 5.31. The molecule has 1 aliphatic heterocycles. The van der Waals surface area contributed by atoms with Crippen LogP contribution in [-0.4, -0.2) is 52.8 Å². The molecule has 2 amide bonds. The number of rotatable bonds is 2. The number of carbonyl (C=O) groups is 2. The zero-order valence-corrected chi connectivity index (χ0v) is 16.2. The predicted octanol–water partition coefficient (Wildman–Crippen LogP) is 3.51. The van der Waals surface area contributed by atoms with Gasteiger partial charge in [-0.3, -0.25) is 9.59 Å². The molecule has 1 aliphatic rings. The SMILES string of the molecule is CC(=O)N1CCN(C(=O)c2cc(-c3ccc(C)cc3)nc3ccccc23)CC1. The maximum Gasteiger partial charge on any atom is 0.254 e. The van der Waals surface area contributed by atoms with Crippen LogP contribution in [0.3, 0.4) is 0 Å². The van der Waals surface area contributed by atoms with Crippen molar-refractivity contribution in [2.45, 2.75) is 13.8 Å². The number of hydrogen-bond donors (Lipinski definition) is 0. The minimum Gasteiger partial charge on any atom is -0.339 e. The van der Waals surface area contributed by atoms with E-state index < -0.39 is 0 Å². The molecule has 1 aromatic heterocycles. The Bertz CT molecular complexity index is 1040. The molecule has 2 aromatic carbocycles. The second kappa shape index (κ2) is 7.43. The lowest BCUT2D eigenvalue weighted by molar-refractivity contribution is -0.130. The number of nitrogens with zero attached hydrogens (tertiary/aromatic N) is 3. The van der Waals surface area contributed by atoms with Crippen molar-refractivity contribution in [2.24, 2.45) is 0 Å². The standard InChI is InChI=1S/C23H23N3O2/c1-16-7-9-18(10-8-16)22-15-20(19-5-3-4-6-21(19)24-22)23(28)26-13-11-25(12-14-26)17(2)27/h3-10,15H,11-14H2,1-2H3. The summed E-state index contributed by atoms with van der Waals surface area (Å²) in [6, 6.07) is 17.8. The van der Waals surface area contributed by atoms with Crippen LogP contribution in [0.2, 0.25) is 0 Å². The normalized spacial score (nSPS) is 14.4. The lowest BCUT2D eigenvalue weighted by Gasteiger charge is -2.34. The molecule has 28 heavy (non-hydrogen) atoms. The first-order chi connectivity index (χ1) is 13.5. The number of pyridine rings is 1. The average molecular weight is 373 g/mol. The van der Waals surface area contributed by atoms with Crippen molar-refractivity contribution in [3.63, 3.8) is 0 Å². The molecule has 0 aliphatic carbocycles. The zero-order valence-electron chi connectivity index (χ0n) is 16.2. The first kappa shape index (κ1) is 18.2. The molecule has 142 valence electrons. The largest absolute Gasteiger partial charge is 0.339 e. The molecule has 0 spiro atoms. The molecule has 5 nitrogen and oxygen atoms in total. The molecule has 0 unspecified atom stereocenters. The van der Waals surface area contributed by atoms with Gasteiger partial charge < -0.3 is 9.80 Å². The summed E-state index contributed by atoms with van der Waals surface area (Å²) in [5.74, 6) is 0.0540. The van der Waals surface area contributed by atoms with E-state index in [1.54, 1.807) is 11.8 Å². The van der Waals surface area contributed by atoms with Crippen LogP contribution in [0, 0.1) is 6.92 Å². The molecule has 3 aromatic rings. The van der Waals surface area contributed by atoms with Crippen molar-refractivity contribution < 1.29 is 9.59 Å². The van der Waals surface area contributed by atoms with E-state index in [2.05, 4.69) is 12.1 Å². The number of aromatic nitrogens is 1. The average Bonchev–Trinajstić information content (AvgIpc) is 2.73. The minimum absolute atomic E-state index is 0.00448. The summed E-state index contributed by atoms with van der Waals surface area (Å²) in [6.07, 6.45) is 0.